The van der Waals surface area contributed by atoms with E-state index in [1.807, 2.05) is 0 Å². The number of ether oxygens (including phenoxy) is 2. The van der Waals surface area contributed by atoms with Gasteiger partial charge in [-0.25, -0.2) is 0 Å². The van der Waals surface area contributed by atoms with Crippen molar-refractivity contribution >= 4 is 17.4 Å². The Kier molecular flexibility index (Phi) is 3.81. The van der Waals surface area contributed by atoms with Gasteiger partial charge in [-0.15, -0.1) is 0 Å². The number of hydrogen-bond donors (Lipinski definition) is 0. The average Bonchev–Trinajstić information content (AvgIpc) is 2.72. The Morgan fingerprint density at radius 2 is 1.95 bits per heavy atom. The summed E-state index contributed by atoms with van der Waals surface area (Å²) in [6, 6.07) is 5.22. The van der Waals surface area contributed by atoms with Crippen molar-refractivity contribution in [3.63, 3.8) is 0 Å². The SMILES string of the molecule is COc1ccc(CN2CC(=O)C(=[N+]=[N-])C2=O)cc1OC. The fraction of sp³-hybridized carbons (Fsp3) is 0.308. The number of hydrogen-bond acceptors (Lipinski definition) is 4. The number of methoxy groups -OCH3 is 2. The summed E-state index contributed by atoms with van der Waals surface area (Å²) in [6.45, 7) is 0.135. The minimum absolute atomic E-state index is 0.0907. The largest absolute Gasteiger partial charge is 0.493 e. The third-order valence-corrected chi connectivity index (χ3v) is 3.01. The lowest BCUT2D eigenvalue weighted by Gasteiger charge is -2.14. The first-order valence-corrected chi connectivity index (χ1v) is 5.86. The molecule has 0 radical (unpaired) electrons. The maximum absolute atomic E-state index is 11.8. The molecule has 1 heterocycles. The Balaban J connectivity index is 2.21. The highest BCUT2D eigenvalue weighted by Gasteiger charge is 2.42. The van der Waals surface area contributed by atoms with E-state index in [9.17, 15) is 9.59 Å². The van der Waals surface area contributed by atoms with Crippen molar-refractivity contribution in [2.45, 2.75) is 6.54 Å². The van der Waals surface area contributed by atoms with Gasteiger partial charge < -0.3 is 19.9 Å². The molecule has 1 saturated heterocycles. The standard InChI is InChI=1S/C13H13N3O4/c1-19-10-4-3-8(5-11(10)20-2)6-16-7-9(17)12(15-14)13(16)18/h3-5H,6-7H2,1-2H3. The average molecular weight is 275 g/mol. The lowest BCUT2D eigenvalue weighted by molar-refractivity contribution is -0.126. The zero-order chi connectivity index (χ0) is 14.7. The lowest BCUT2D eigenvalue weighted by atomic mass is 10.2. The number of carbonyl (C=O) groups is 2. The smallest absolute Gasteiger partial charge is 0.423 e. The van der Waals surface area contributed by atoms with E-state index >= 15 is 0 Å². The monoisotopic (exact) mass is 275 g/mol. The molecule has 0 saturated carbocycles. The molecule has 20 heavy (non-hydrogen) atoms. The topological polar surface area (TPSA) is 92.2 Å². The summed E-state index contributed by atoms with van der Waals surface area (Å²) in [5, 5.41) is 0. The lowest BCUT2D eigenvalue weighted by Crippen LogP contribution is -2.27. The summed E-state index contributed by atoms with van der Waals surface area (Å²) in [7, 11) is 3.05. The molecular weight excluding hydrogens is 262 g/mol. The van der Waals surface area contributed by atoms with Gasteiger partial charge in [0.1, 0.15) is 0 Å². The molecule has 2 rings (SSSR count). The van der Waals surface area contributed by atoms with Gasteiger partial charge in [-0.3, -0.25) is 9.59 Å². The molecule has 0 aromatic heterocycles. The van der Waals surface area contributed by atoms with E-state index in [1.54, 1.807) is 18.2 Å². The Bertz CT molecular complexity index is 620. The molecule has 1 aliphatic heterocycles. The van der Waals surface area contributed by atoms with E-state index in [-0.39, 0.29) is 13.1 Å². The van der Waals surface area contributed by atoms with E-state index < -0.39 is 17.4 Å². The predicted octanol–water partition coefficient (Wildman–Crippen LogP) is 0.286. The summed E-state index contributed by atoms with van der Waals surface area (Å²) in [6.07, 6.45) is 0. The summed E-state index contributed by atoms with van der Waals surface area (Å²) in [4.78, 5) is 27.3. The number of ketones is 1. The van der Waals surface area contributed by atoms with E-state index in [1.165, 1.54) is 19.1 Å². The van der Waals surface area contributed by atoms with Crippen LogP contribution in [0.5, 0.6) is 11.5 Å². The van der Waals surface area contributed by atoms with Gasteiger partial charge in [0.2, 0.25) is 0 Å². The van der Waals surface area contributed by atoms with Crippen molar-refractivity contribution in [3.8, 4) is 11.5 Å². The zero-order valence-electron chi connectivity index (χ0n) is 11.1. The maximum Gasteiger partial charge on any atom is 0.423 e. The van der Waals surface area contributed by atoms with Gasteiger partial charge in [0.05, 0.1) is 20.8 Å². The molecule has 104 valence electrons. The van der Waals surface area contributed by atoms with E-state index in [2.05, 4.69) is 4.79 Å². The Labute approximate surface area is 115 Å². The molecule has 1 amide bonds. The summed E-state index contributed by atoms with van der Waals surface area (Å²) < 4.78 is 10.3. The molecule has 1 aromatic carbocycles. The first kappa shape index (κ1) is 13.8. The number of nitrogens with zero attached hydrogens (tertiary/aromatic N) is 3. The van der Waals surface area contributed by atoms with Gasteiger partial charge in [-0.1, -0.05) is 6.07 Å². The van der Waals surface area contributed by atoms with Crippen molar-refractivity contribution in [1.82, 2.24) is 4.90 Å². The number of Topliss-reactive ketones (excluding diaryl/α,β-unsaturated/α-hetero) is 1. The van der Waals surface area contributed by atoms with Crippen molar-refractivity contribution in [2.75, 3.05) is 20.8 Å². The zero-order valence-corrected chi connectivity index (χ0v) is 11.1. The molecule has 0 spiro atoms. The highest BCUT2D eigenvalue weighted by atomic mass is 16.5. The quantitative estimate of drug-likeness (QED) is 0.583. The number of rotatable bonds is 4. The number of carbonyl (C=O) groups excluding carboxylic acids is 2. The Morgan fingerprint density at radius 3 is 2.50 bits per heavy atom. The van der Waals surface area contributed by atoms with Crippen molar-refractivity contribution in [3.05, 3.63) is 29.3 Å². The van der Waals surface area contributed by atoms with Crippen LogP contribution in [-0.4, -0.2) is 47.9 Å². The Hall–Kier alpha value is -2.66. The molecule has 1 aromatic rings. The summed E-state index contributed by atoms with van der Waals surface area (Å²) in [5.74, 6) is 0.0574. The van der Waals surface area contributed by atoms with Crippen LogP contribution in [0.25, 0.3) is 5.53 Å². The van der Waals surface area contributed by atoms with Crippen molar-refractivity contribution in [2.24, 2.45) is 0 Å². The maximum atomic E-state index is 11.8. The highest BCUT2D eigenvalue weighted by Crippen LogP contribution is 2.28. The molecule has 0 atom stereocenters. The molecule has 1 aliphatic rings. The molecule has 7 nitrogen and oxygen atoms in total. The fourth-order valence-corrected chi connectivity index (χ4v) is 2.01. The van der Waals surface area contributed by atoms with Crippen LogP contribution < -0.4 is 9.47 Å². The van der Waals surface area contributed by atoms with Gasteiger partial charge in [-0.05, 0) is 17.7 Å². The summed E-state index contributed by atoms with van der Waals surface area (Å²) in [5.41, 5.74) is 8.98. The van der Waals surface area contributed by atoms with Crippen LogP contribution in [0.3, 0.4) is 0 Å². The number of likely N-dealkylation sites (tertiary alicyclic amines) is 1. The molecule has 1 fully saturated rings. The minimum Gasteiger partial charge on any atom is -0.493 e. The first-order valence-electron chi connectivity index (χ1n) is 5.86. The number of amides is 1. The molecule has 7 heteroatoms. The van der Waals surface area contributed by atoms with E-state index in [0.29, 0.717) is 11.5 Å². The number of benzene rings is 1. The van der Waals surface area contributed by atoms with E-state index in [4.69, 9.17) is 15.0 Å². The second-order valence-electron chi connectivity index (χ2n) is 4.22. The van der Waals surface area contributed by atoms with Crippen LogP contribution >= 0.6 is 0 Å². The molecule has 0 aliphatic carbocycles. The van der Waals surface area contributed by atoms with Crippen LogP contribution in [0.1, 0.15) is 5.56 Å². The second kappa shape index (κ2) is 5.54. The van der Waals surface area contributed by atoms with Crippen LogP contribution in [0.2, 0.25) is 0 Å². The third kappa shape index (κ3) is 2.39. The van der Waals surface area contributed by atoms with Crippen LogP contribution in [0.4, 0.5) is 0 Å². The fourth-order valence-electron chi connectivity index (χ4n) is 2.01. The Morgan fingerprint density at radius 1 is 1.25 bits per heavy atom. The second-order valence-corrected chi connectivity index (χ2v) is 4.22. The molecule has 0 N–H and O–H groups in total. The van der Waals surface area contributed by atoms with Crippen molar-refractivity contribution < 1.29 is 23.9 Å². The van der Waals surface area contributed by atoms with Gasteiger partial charge in [0, 0.05) is 6.54 Å². The predicted molar refractivity (Wildman–Crippen MR) is 68.6 cm³/mol. The molecule has 0 bridgehead atoms. The van der Waals surface area contributed by atoms with E-state index in [0.717, 1.165) is 5.56 Å². The van der Waals surface area contributed by atoms with Gasteiger partial charge in [-0.2, -0.15) is 4.79 Å². The van der Waals surface area contributed by atoms with Crippen LogP contribution in [-0.2, 0) is 16.1 Å². The molecule has 0 unspecified atom stereocenters. The minimum atomic E-state index is -0.577. The van der Waals surface area contributed by atoms with Crippen molar-refractivity contribution in [1.29, 1.82) is 0 Å². The van der Waals surface area contributed by atoms with Gasteiger partial charge >= 0.3 is 11.6 Å². The van der Waals surface area contributed by atoms with Crippen LogP contribution in [0.15, 0.2) is 18.2 Å². The highest BCUT2D eigenvalue weighted by molar-refractivity contribution is 6.66. The van der Waals surface area contributed by atoms with Gasteiger partial charge in [0.25, 0.3) is 5.78 Å². The van der Waals surface area contributed by atoms with Crippen LogP contribution in [0, 0.1) is 0 Å². The summed E-state index contributed by atoms with van der Waals surface area (Å²) >= 11 is 0. The normalized spacial score (nSPS) is 14.5. The first-order chi connectivity index (χ1) is 9.60. The molecular formula is C13H13N3O4. The van der Waals surface area contributed by atoms with Gasteiger partial charge in [0.15, 0.2) is 11.5 Å². The third-order valence-electron chi connectivity index (χ3n) is 3.01.